The zero-order chi connectivity index (χ0) is 17.3. The van der Waals surface area contributed by atoms with Gasteiger partial charge in [0.25, 0.3) is 0 Å². The minimum absolute atomic E-state index is 0.0809. The second-order valence-electron chi connectivity index (χ2n) is 5.98. The third-order valence-corrected chi connectivity index (χ3v) is 3.42. The first-order valence-corrected chi connectivity index (χ1v) is 7.69. The molecule has 0 saturated carbocycles. The Labute approximate surface area is 140 Å². The number of nitriles is 1. The van der Waals surface area contributed by atoms with Crippen LogP contribution in [0.15, 0.2) is 36.9 Å². The molecule has 0 amide bonds. The number of allylic oxidation sites excluding steroid dienone is 2. The Morgan fingerprint density at radius 1 is 1.48 bits per heavy atom. The van der Waals surface area contributed by atoms with Gasteiger partial charge in [0.15, 0.2) is 0 Å². The third kappa shape index (κ3) is 5.79. The van der Waals surface area contributed by atoms with Gasteiger partial charge in [0, 0.05) is 0 Å². The summed E-state index contributed by atoms with van der Waals surface area (Å²) in [6.07, 6.45) is 5.52. The maximum absolute atomic E-state index is 9.06. The van der Waals surface area contributed by atoms with Crippen LogP contribution in [0.4, 0.5) is 5.69 Å². The Hall–Kier alpha value is -2.28. The first kappa shape index (κ1) is 18.8. The molecule has 0 unspecified atom stereocenters. The van der Waals surface area contributed by atoms with Crippen LogP contribution in [0, 0.1) is 16.7 Å². The number of hydrogen-bond donors (Lipinski definition) is 1. The Kier molecular flexibility index (Phi) is 7.34. The van der Waals surface area contributed by atoms with E-state index < -0.39 is 0 Å². The molecule has 4 heteroatoms. The van der Waals surface area contributed by atoms with Crippen LogP contribution in [0.5, 0.6) is 0 Å². The second-order valence-corrected chi connectivity index (χ2v) is 5.98. The standard InChI is InChI=1S/C19H24BN2O/c1-5-9-19(2,3)13-18(23-11-6-10-20)16-8-7-15(14-21)12-17(16)22-4/h5,7-8,10,12-13,22H,1,6,9,11H2,2-4H3/b18-13-. The number of rotatable bonds is 9. The van der Waals surface area contributed by atoms with E-state index in [4.69, 9.17) is 17.5 Å². The van der Waals surface area contributed by atoms with E-state index in [1.165, 1.54) is 0 Å². The quantitative estimate of drug-likeness (QED) is 0.325. The summed E-state index contributed by atoms with van der Waals surface area (Å²) in [4.78, 5) is 0. The van der Waals surface area contributed by atoms with Gasteiger partial charge >= 0.3 is 140 Å². The normalized spacial score (nSPS) is 11.4. The molecule has 0 aliphatic rings. The molecule has 1 aromatic carbocycles. The third-order valence-electron chi connectivity index (χ3n) is 3.42. The fourth-order valence-electron chi connectivity index (χ4n) is 2.26. The van der Waals surface area contributed by atoms with Crippen LogP contribution in [-0.4, -0.2) is 27.1 Å². The van der Waals surface area contributed by atoms with E-state index in [1.54, 1.807) is 12.0 Å². The molecule has 1 aromatic rings. The molecule has 1 N–H and O–H groups in total. The molecule has 0 atom stereocenters. The van der Waals surface area contributed by atoms with Crippen molar-refractivity contribution in [3.05, 3.63) is 48.1 Å². The van der Waals surface area contributed by atoms with E-state index in [9.17, 15) is 0 Å². The van der Waals surface area contributed by atoms with Gasteiger partial charge in [-0.2, -0.15) is 0 Å². The Balaban J connectivity index is 3.28. The minimum atomic E-state index is -0.0809. The summed E-state index contributed by atoms with van der Waals surface area (Å²) in [6, 6.07) is 7.68. The predicted octanol–water partition coefficient (Wildman–Crippen LogP) is 3.92. The molecule has 0 heterocycles. The van der Waals surface area contributed by atoms with Crippen molar-refractivity contribution < 1.29 is 4.74 Å². The van der Waals surface area contributed by atoms with Gasteiger partial charge in [0.2, 0.25) is 0 Å². The van der Waals surface area contributed by atoms with Crippen molar-refractivity contribution in [2.24, 2.45) is 5.41 Å². The summed E-state index contributed by atoms with van der Waals surface area (Å²) in [6.45, 7) is 8.60. The van der Waals surface area contributed by atoms with Crippen LogP contribution >= 0.6 is 0 Å². The van der Waals surface area contributed by atoms with Crippen LogP contribution in [0.2, 0.25) is 0 Å². The summed E-state index contributed by atoms with van der Waals surface area (Å²) in [7, 11) is 7.27. The zero-order valence-electron chi connectivity index (χ0n) is 14.2. The first-order valence-electron chi connectivity index (χ1n) is 7.69. The van der Waals surface area contributed by atoms with Crippen molar-refractivity contribution in [3.63, 3.8) is 0 Å². The van der Waals surface area contributed by atoms with Gasteiger partial charge in [-0.05, 0) is 0 Å². The molecule has 1 rings (SSSR count). The Bertz CT molecular complexity index is 627. The van der Waals surface area contributed by atoms with E-state index >= 15 is 0 Å². The van der Waals surface area contributed by atoms with Gasteiger partial charge in [-0.3, -0.25) is 0 Å². The van der Waals surface area contributed by atoms with Crippen molar-refractivity contribution in [1.29, 1.82) is 5.26 Å². The van der Waals surface area contributed by atoms with Crippen molar-refractivity contribution in [2.45, 2.75) is 26.7 Å². The summed E-state index contributed by atoms with van der Waals surface area (Å²) in [5.74, 6) is 2.37. The average molecular weight is 307 g/mol. The van der Waals surface area contributed by atoms with Gasteiger partial charge in [-0.15, -0.1) is 0 Å². The number of benzene rings is 1. The summed E-state index contributed by atoms with van der Waals surface area (Å²) < 4.78 is 5.96. The van der Waals surface area contributed by atoms with Crippen LogP contribution < -0.4 is 5.32 Å². The van der Waals surface area contributed by atoms with Gasteiger partial charge < -0.3 is 0 Å². The molecule has 0 saturated heterocycles. The van der Waals surface area contributed by atoms with Crippen molar-refractivity contribution in [2.75, 3.05) is 19.0 Å². The molecule has 1 radical (unpaired) electrons. The SMILES string of the molecule is [B]=CCCO/C(=C\C(C)(C)CC=C)c1ccc(C#N)cc1NC. The number of anilines is 1. The fourth-order valence-corrected chi connectivity index (χ4v) is 2.26. The van der Waals surface area contributed by atoms with E-state index in [0.717, 1.165) is 23.4 Å². The van der Waals surface area contributed by atoms with E-state index in [-0.39, 0.29) is 5.41 Å². The number of nitrogens with one attached hydrogen (secondary N) is 1. The van der Waals surface area contributed by atoms with Crippen molar-refractivity contribution >= 4 is 24.9 Å². The van der Waals surface area contributed by atoms with Gasteiger partial charge in [0.1, 0.15) is 0 Å². The molecule has 0 bridgehead atoms. The molecular weight excluding hydrogens is 283 g/mol. The van der Waals surface area contributed by atoms with Crippen LogP contribution in [0.3, 0.4) is 0 Å². The fraction of sp³-hybridized carbons (Fsp3) is 0.368. The number of nitrogens with zero attached hydrogens (tertiary/aromatic N) is 1. The van der Waals surface area contributed by atoms with Crippen LogP contribution in [0.25, 0.3) is 5.76 Å². The monoisotopic (exact) mass is 307 g/mol. The van der Waals surface area contributed by atoms with Gasteiger partial charge in [-0.1, -0.05) is 0 Å². The van der Waals surface area contributed by atoms with Crippen molar-refractivity contribution in [3.8, 4) is 6.07 Å². The van der Waals surface area contributed by atoms with Crippen LogP contribution in [0.1, 0.15) is 37.8 Å². The van der Waals surface area contributed by atoms with Gasteiger partial charge in [0.05, 0.1) is 0 Å². The summed E-state index contributed by atoms with van der Waals surface area (Å²) >= 11 is 0. The van der Waals surface area contributed by atoms with E-state index in [2.05, 4.69) is 37.9 Å². The molecule has 0 aromatic heterocycles. The summed E-state index contributed by atoms with van der Waals surface area (Å²) in [5.41, 5.74) is 2.32. The Morgan fingerprint density at radius 2 is 2.22 bits per heavy atom. The second kappa shape index (κ2) is 9.00. The van der Waals surface area contributed by atoms with E-state index in [0.29, 0.717) is 18.6 Å². The predicted molar refractivity (Wildman–Crippen MR) is 99.7 cm³/mol. The number of ether oxygens (including phenoxy) is 1. The van der Waals surface area contributed by atoms with E-state index in [1.807, 2.05) is 25.3 Å². The molecule has 0 spiro atoms. The molecular formula is C19H24BN2O. The average Bonchev–Trinajstić information content (AvgIpc) is 2.53. The molecule has 0 aliphatic carbocycles. The molecule has 0 aliphatic heterocycles. The Morgan fingerprint density at radius 3 is 2.78 bits per heavy atom. The maximum atomic E-state index is 9.06. The van der Waals surface area contributed by atoms with Gasteiger partial charge in [-0.25, -0.2) is 0 Å². The summed E-state index contributed by atoms with van der Waals surface area (Å²) in [5, 5.41) is 12.2. The van der Waals surface area contributed by atoms with Crippen molar-refractivity contribution in [1.82, 2.24) is 0 Å². The van der Waals surface area contributed by atoms with Crippen LogP contribution in [-0.2, 0) is 4.74 Å². The zero-order valence-corrected chi connectivity index (χ0v) is 14.2. The molecule has 23 heavy (non-hydrogen) atoms. The number of hydrogen-bond acceptors (Lipinski definition) is 3. The topological polar surface area (TPSA) is 45.0 Å². The molecule has 0 fully saturated rings. The molecule has 119 valence electrons. The first-order chi connectivity index (χ1) is 11.0. The molecule has 3 nitrogen and oxygen atoms in total.